The lowest BCUT2D eigenvalue weighted by Crippen LogP contribution is -2.38. The average molecular weight is 370 g/mol. The predicted molar refractivity (Wildman–Crippen MR) is 65.3 cm³/mol. The standard InChI is InChI=1S/C10H9F2IN2O3/c11-10(12)3-9(4-13)5-17-8-14-6(16)1-2-15(8)7(10)18-9/h1-2,7H,3-5H2/t7-,9-/m1/s1. The molecule has 18 heavy (non-hydrogen) atoms. The molecule has 0 unspecified atom stereocenters. The molecule has 0 aromatic carbocycles. The van der Waals surface area contributed by atoms with Crippen LogP contribution in [0.4, 0.5) is 8.78 Å². The number of halogens is 3. The second kappa shape index (κ2) is 3.86. The summed E-state index contributed by atoms with van der Waals surface area (Å²) in [5.41, 5.74) is -1.54. The lowest BCUT2D eigenvalue weighted by atomic mass is 10.0. The molecule has 0 N–H and O–H groups in total. The number of ether oxygens (including phenoxy) is 2. The maximum Gasteiger partial charge on any atom is 0.302 e. The summed E-state index contributed by atoms with van der Waals surface area (Å²) in [5, 5.41) is 0. The van der Waals surface area contributed by atoms with Crippen LogP contribution in [0.5, 0.6) is 6.01 Å². The maximum absolute atomic E-state index is 14.0. The third-order valence-electron chi connectivity index (χ3n) is 3.05. The summed E-state index contributed by atoms with van der Waals surface area (Å²) in [6, 6.07) is 1.00. The first-order valence-electron chi connectivity index (χ1n) is 5.29. The van der Waals surface area contributed by atoms with Crippen LogP contribution in [0.15, 0.2) is 17.1 Å². The molecule has 0 radical (unpaired) electrons. The molecular formula is C10H9F2IN2O3. The largest absolute Gasteiger partial charge is 0.461 e. The Labute approximate surface area is 114 Å². The highest BCUT2D eigenvalue weighted by Gasteiger charge is 2.60. The summed E-state index contributed by atoms with van der Waals surface area (Å²) in [4.78, 5) is 14.7. The van der Waals surface area contributed by atoms with Crippen molar-refractivity contribution >= 4 is 22.6 Å². The summed E-state index contributed by atoms with van der Waals surface area (Å²) >= 11 is 2.00. The number of hydrogen-bond acceptors (Lipinski definition) is 4. The molecule has 0 amide bonds. The number of alkyl halides is 3. The Balaban J connectivity index is 2.14. The van der Waals surface area contributed by atoms with Crippen LogP contribution in [-0.2, 0) is 4.74 Å². The highest BCUT2D eigenvalue weighted by molar-refractivity contribution is 14.1. The van der Waals surface area contributed by atoms with Crippen molar-refractivity contribution < 1.29 is 18.3 Å². The fourth-order valence-electron chi connectivity index (χ4n) is 2.22. The first kappa shape index (κ1) is 12.3. The van der Waals surface area contributed by atoms with Gasteiger partial charge in [-0.3, -0.25) is 9.36 Å². The van der Waals surface area contributed by atoms with Gasteiger partial charge in [0.15, 0.2) is 0 Å². The zero-order chi connectivity index (χ0) is 13.0. The van der Waals surface area contributed by atoms with E-state index in [0.29, 0.717) is 4.43 Å². The minimum atomic E-state index is -3.00. The molecule has 2 aliphatic rings. The van der Waals surface area contributed by atoms with E-state index in [0.717, 1.165) is 10.6 Å². The number of fused-ring (bicyclic) bond motifs is 4. The lowest BCUT2D eigenvalue weighted by Gasteiger charge is -2.24. The minimum Gasteiger partial charge on any atom is -0.461 e. The van der Waals surface area contributed by atoms with Gasteiger partial charge in [0.05, 0.1) is 0 Å². The molecule has 2 aliphatic heterocycles. The Kier molecular flexibility index (Phi) is 2.63. The third kappa shape index (κ3) is 1.73. The van der Waals surface area contributed by atoms with Gasteiger partial charge in [-0.25, -0.2) is 8.78 Å². The van der Waals surface area contributed by atoms with E-state index in [2.05, 4.69) is 4.98 Å². The van der Waals surface area contributed by atoms with Crippen molar-refractivity contribution in [2.24, 2.45) is 0 Å². The predicted octanol–water partition coefficient (Wildman–Crippen LogP) is 1.36. The molecule has 0 aliphatic carbocycles. The normalized spacial score (nSPS) is 32.5. The second-order valence-corrected chi connectivity index (χ2v) is 5.23. The number of nitrogens with zero attached hydrogens (tertiary/aromatic N) is 2. The van der Waals surface area contributed by atoms with E-state index in [-0.39, 0.29) is 19.0 Å². The number of aromatic nitrogens is 2. The molecule has 0 spiro atoms. The van der Waals surface area contributed by atoms with E-state index in [9.17, 15) is 13.6 Å². The van der Waals surface area contributed by atoms with Crippen LogP contribution in [0.25, 0.3) is 0 Å². The van der Waals surface area contributed by atoms with Gasteiger partial charge in [0.2, 0.25) is 6.23 Å². The van der Waals surface area contributed by atoms with Crippen molar-refractivity contribution in [2.45, 2.75) is 24.2 Å². The van der Waals surface area contributed by atoms with E-state index < -0.39 is 23.3 Å². The average Bonchev–Trinajstić information content (AvgIpc) is 2.49. The molecule has 3 heterocycles. The molecule has 2 bridgehead atoms. The molecular weight excluding hydrogens is 361 g/mol. The first-order valence-corrected chi connectivity index (χ1v) is 6.82. The van der Waals surface area contributed by atoms with Crippen LogP contribution in [0.1, 0.15) is 12.6 Å². The molecule has 5 nitrogen and oxygen atoms in total. The second-order valence-electron chi connectivity index (χ2n) is 4.47. The zero-order valence-electron chi connectivity index (χ0n) is 9.11. The van der Waals surface area contributed by atoms with Gasteiger partial charge in [0.1, 0.15) is 12.2 Å². The van der Waals surface area contributed by atoms with Crippen LogP contribution in [0, 0.1) is 0 Å². The molecule has 3 rings (SSSR count). The minimum absolute atomic E-state index is 0.0293. The highest BCUT2D eigenvalue weighted by atomic mass is 127. The van der Waals surface area contributed by atoms with E-state index in [1.807, 2.05) is 22.6 Å². The molecule has 98 valence electrons. The molecule has 8 heteroatoms. The summed E-state index contributed by atoms with van der Waals surface area (Å²) in [6.45, 7) is -0.0293. The topological polar surface area (TPSA) is 53.4 Å². The summed E-state index contributed by atoms with van der Waals surface area (Å²) in [6.07, 6.45) is -0.616. The zero-order valence-corrected chi connectivity index (χ0v) is 11.3. The SMILES string of the molecule is O=c1ccn2c(n1)OC[C@]1(CI)CC(F)(F)[C@H]2O1. The lowest BCUT2D eigenvalue weighted by molar-refractivity contribution is -0.124. The maximum atomic E-state index is 14.0. The quantitative estimate of drug-likeness (QED) is 0.554. The van der Waals surface area contributed by atoms with Gasteiger partial charge in [-0.15, -0.1) is 0 Å². The molecule has 1 saturated heterocycles. The molecule has 1 fully saturated rings. The van der Waals surface area contributed by atoms with Gasteiger partial charge in [-0.1, -0.05) is 22.6 Å². The van der Waals surface area contributed by atoms with Gasteiger partial charge in [0, 0.05) is 23.1 Å². The third-order valence-corrected chi connectivity index (χ3v) is 4.44. The molecule has 1 aromatic heterocycles. The van der Waals surface area contributed by atoms with E-state index in [4.69, 9.17) is 9.47 Å². The fourth-order valence-corrected chi connectivity index (χ4v) is 2.89. The van der Waals surface area contributed by atoms with Crippen molar-refractivity contribution in [2.75, 3.05) is 11.0 Å². The van der Waals surface area contributed by atoms with Crippen molar-refractivity contribution in [3.8, 4) is 6.01 Å². The Morgan fingerprint density at radius 3 is 3.11 bits per heavy atom. The van der Waals surface area contributed by atoms with Gasteiger partial charge >= 0.3 is 6.01 Å². The Morgan fingerprint density at radius 1 is 1.61 bits per heavy atom. The van der Waals surface area contributed by atoms with E-state index in [1.54, 1.807) is 0 Å². The smallest absolute Gasteiger partial charge is 0.302 e. The number of hydrogen-bond donors (Lipinski definition) is 0. The first-order chi connectivity index (χ1) is 8.46. The van der Waals surface area contributed by atoms with Gasteiger partial charge in [-0.05, 0) is 0 Å². The Hall–Kier alpha value is -0.770. The van der Waals surface area contributed by atoms with Crippen LogP contribution in [0.2, 0.25) is 0 Å². The Morgan fingerprint density at radius 2 is 2.39 bits per heavy atom. The van der Waals surface area contributed by atoms with Crippen LogP contribution in [-0.4, -0.2) is 32.1 Å². The van der Waals surface area contributed by atoms with Crippen molar-refractivity contribution in [3.05, 3.63) is 22.6 Å². The number of rotatable bonds is 1. The van der Waals surface area contributed by atoms with E-state index >= 15 is 0 Å². The van der Waals surface area contributed by atoms with Crippen LogP contribution < -0.4 is 10.3 Å². The molecule has 1 aromatic rings. The van der Waals surface area contributed by atoms with Crippen LogP contribution >= 0.6 is 22.6 Å². The molecule has 0 saturated carbocycles. The summed E-state index contributed by atoms with van der Waals surface area (Å²) < 4.78 is 40.3. The molecule has 2 atom stereocenters. The van der Waals surface area contributed by atoms with Crippen molar-refractivity contribution in [1.82, 2.24) is 9.55 Å². The summed E-state index contributed by atoms with van der Waals surface area (Å²) in [5.74, 6) is -3.00. The monoisotopic (exact) mass is 370 g/mol. The van der Waals surface area contributed by atoms with Crippen molar-refractivity contribution in [3.63, 3.8) is 0 Å². The van der Waals surface area contributed by atoms with Crippen molar-refractivity contribution in [1.29, 1.82) is 0 Å². The van der Waals surface area contributed by atoms with Gasteiger partial charge in [0.25, 0.3) is 11.5 Å². The fraction of sp³-hybridized carbons (Fsp3) is 0.600. The Bertz CT molecular complexity index is 550. The van der Waals surface area contributed by atoms with Gasteiger partial charge < -0.3 is 9.47 Å². The van der Waals surface area contributed by atoms with E-state index in [1.165, 1.54) is 6.20 Å². The van der Waals surface area contributed by atoms with Gasteiger partial charge in [-0.2, -0.15) is 4.98 Å². The van der Waals surface area contributed by atoms with Crippen LogP contribution in [0.3, 0.4) is 0 Å². The summed E-state index contributed by atoms with van der Waals surface area (Å²) in [7, 11) is 0. The highest BCUT2D eigenvalue weighted by Crippen LogP contribution is 2.50.